The highest BCUT2D eigenvalue weighted by molar-refractivity contribution is 5.57. The molecule has 0 bridgehead atoms. The Morgan fingerprint density at radius 3 is 2.35 bits per heavy atom. The lowest BCUT2D eigenvalue weighted by molar-refractivity contribution is 0.0486. The van der Waals surface area contributed by atoms with Gasteiger partial charge in [0.1, 0.15) is 17.5 Å². The number of hydrogen-bond acceptors (Lipinski definition) is 5. The van der Waals surface area contributed by atoms with Crippen LogP contribution >= 0.6 is 0 Å². The lowest BCUT2D eigenvalue weighted by Crippen LogP contribution is -2.33. The zero-order valence-corrected chi connectivity index (χ0v) is 12.7. The summed E-state index contributed by atoms with van der Waals surface area (Å²) in [6.45, 7) is 8.00. The summed E-state index contributed by atoms with van der Waals surface area (Å²) in [6, 6.07) is 0. The Labute approximate surface area is 121 Å². The van der Waals surface area contributed by atoms with Crippen molar-refractivity contribution in [2.45, 2.75) is 52.6 Å². The fraction of sp³-hybridized carbons (Fsp3) is 0.733. The molecular formula is C15H26N4O. The number of aliphatic hydroxyl groups excluding tert-OH is 1. The molecule has 0 atom stereocenters. The molecule has 112 valence electrons. The number of rotatable bonds is 7. The van der Waals surface area contributed by atoms with Crippen LogP contribution in [0.15, 0.2) is 0 Å². The predicted octanol–water partition coefficient (Wildman–Crippen LogP) is 2.35. The van der Waals surface area contributed by atoms with Crippen LogP contribution in [0.4, 0.5) is 11.6 Å². The summed E-state index contributed by atoms with van der Waals surface area (Å²) in [6.07, 6.45) is 3.65. The van der Waals surface area contributed by atoms with Crippen molar-refractivity contribution in [1.82, 2.24) is 9.97 Å². The lowest BCUT2D eigenvalue weighted by atomic mass is 9.82. The summed E-state index contributed by atoms with van der Waals surface area (Å²) in [5.74, 6) is 3.32. The molecule has 0 aromatic carbocycles. The second kappa shape index (κ2) is 6.88. The molecule has 1 aliphatic carbocycles. The predicted molar refractivity (Wildman–Crippen MR) is 82.1 cm³/mol. The Kier molecular flexibility index (Phi) is 5.17. The van der Waals surface area contributed by atoms with E-state index in [9.17, 15) is 5.11 Å². The molecule has 1 aromatic rings. The van der Waals surface area contributed by atoms with Gasteiger partial charge in [0.2, 0.25) is 0 Å². The minimum Gasteiger partial charge on any atom is -0.393 e. The normalized spacial score (nSPS) is 21.4. The Bertz CT molecular complexity index is 444. The second-order valence-corrected chi connectivity index (χ2v) is 5.61. The van der Waals surface area contributed by atoms with E-state index in [1.54, 1.807) is 0 Å². The Hall–Kier alpha value is -1.36. The van der Waals surface area contributed by atoms with Crippen molar-refractivity contribution < 1.29 is 5.11 Å². The van der Waals surface area contributed by atoms with Crippen molar-refractivity contribution in [3.63, 3.8) is 0 Å². The van der Waals surface area contributed by atoms with Crippen LogP contribution in [0.1, 0.15) is 44.5 Å². The monoisotopic (exact) mass is 278 g/mol. The van der Waals surface area contributed by atoms with Gasteiger partial charge in [-0.15, -0.1) is 0 Å². The summed E-state index contributed by atoms with van der Waals surface area (Å²) >= 11 is 0. The number of aliphatic hydroxyl groups is 1. The molecule has 1 heterocycles. The van der Waals surface area contributed by atoms with Crippen molar-refractivity contribution in [2.24, 2.45) is 5.92 Å². The molecule has 5 heteroatoms. The molecule has 1 aliphatic rings. The summed E-state index contributed by atoms with van der Waals surface area (Å²) in [5, 5.41) is 16.1. The average molecular weight is 278 g/mol. The fourth-order valence-electron chi connectivity index (χ4n) is 2.52. The van der Waals surface area contributed by atoms with Crippen LogP contribution in [-0.2, 0) is 6.42 Å². The average Bonchev–Trinajstić information content (AvgIpc) is 2.38. The zero-order chi connectivity index (χ0) is 14.5. The van der Waals surface area contributed by atoms with Crippen molar-refractivity contribution >= 4 is 11.6 Å². The maximum Gasteiger partial charge on any atom is 0.134 e. The maximum atomic E-state index is 9.33. The molecular weight excluding hydrogens is 252 g/mol. The lowest BCUT2D eigenvalue weighted by Gasteiger charge is -2.31. The highest BCUT2D eigenvalue weighted by Crippen LogP contribution is 2.28. The first-order valence-electron chi connectivity index (χ1n) is 7.67. The minimum atomic E-state index is -0.0960. The SMILES string of the molecule is CCCc1nc(NCC)c(C)c(NCC2CC(O)C2)n1. The van der Waals surface area contributed by atoms with Crippen molar-refractivity contribution in [2.75, 3.05) is 23.7 Å². The van der Waals surface area contributed by atoms with E-state index in [-0.39, 0.29) is 6.10 Å². The first-order chi connectivity index (χ1) is 9.63. The molecule has 0 unspecified atom stereocenters. The molecule has 1 aromatic heterocycles. The van der Waals surface area contributed by atoms with Crippen molar-refractivity contribution in [1.29, 1.82) is 0 Å². The third kappa shape index (κ3) is 3.60. The van der Waals surface area contributed by atoms with E-state index in [4.69, 9.17) is 0 Å². The van der Waals surface area contributed by atoms with Crippen LogP contribution in [0.3, 0.4) is 0 Å². The van der Waals surface area contributed by atoms with Gasteiger partial charge in [0.05, 0.1) is 6.10 Å². The van der Waals surface area contributed by atoms with E-state index in [2.05, 4.69) is 34.4 Å². The van der Waals surface area contributed by atoms with Gasteiger partial charge in [0.15, 0.2) is 0 Å². The van der Waals surface area contributed by atoms with Crippen LogP contribution in [0.2, 0.25) is 0 Å². The number of anilines is 2. The molecule has 0 radical (unpaired) electrons. The molecule has 1 fully saturated rings. The number of nitrogens with zero attached hydrogens (tertiary/aromatic N) is 2. The van der Waals surface area contributed by atoms with E-state index in [1.807, 2.05) is 6.92 Å². The first-order valence-corrected chi connectivity index (χ1v) is 7.67. The molecule has 0 amide bonds. The molecule has 0 aliphatic heterocycles. The Balaban J connectivity index is 2.08. The molecule has 1 saturated carbocycles. The van der Waals surface area contributed by atoms with Crippen LogP contribution in [0.5, 0.6) is 0 Å². The number of nitrogens with one attached hydrogen (secondary N) is 2. The van der Waals surface area contributed by atoms with E-state index in [1.165, 1.54) is 0 Å². The van der Waals surface area contributed by atoms with E-state index >= 15 is 0 Å². The van der Waals surface area contributed by atoms with Gasteiger partial charge in [0.25, 0.3) is 0 Å². The van der Waals surface area contributed by atoms with Crippen molar-refractivity contribution in [3.8, 4) is 0 Å². The van der Waals surface area contributed by atoms with Gasteiger partial charge in [-0.3, -0.25) is 0 Å². The number of hydrogen-bond donors (Lipinski definition) is 3. The number of aryl methyl sites for hydroxylation is 1. The number of aromatic nitrogens is 2. The quantitative estimate of drug-likeness (QED) is 0.714. The highest BCUT2D eigenvalue weighted by atomic mass is 16.3. The van der Waals surface area contributed by atoms with Gasteiger partial charge in [-0.25, -0.2) is 9.97 Å². The second-order valence-electron chi connectivity index (χ2n) is 5.61. The van der Waals surface area contributed by atoms with Crippen LogP contribution in [-0.4, -0.2) is 34.3 Å². The minimum absolute atomic E-state index is 0.0960. The molecule has 0 saturated heterocycles. The van der Waals surface area contributed by atoms with Gasteiger partial charge in [-0.05, 0) is 39.0 Å². The Morgan fingerprint density at radius 1 is 1.15 bits per heavy atom. The molecule has 2 rings (SSSR count). The van der Waals surface area contributed by atoms with Crippen molar-refractivity contribution in [3.05, 3.63) is 11.4 Å². The van der Waals surface area contributed by atoms with Crippen LogP contribution < -0.4 is 10.6 Å². The molecule has 0 spiro atoms. The van der Waals surface area contributed by atoms with Gasteiger partial charge in [-0.1, -0.05) is 6.92 Å². The fourth-order valence-corrected chi connectivity index (χ4v) is 2.52. The molecule has 20 heavy (non-hydrogen) atoms. The van der Waals surface area contributed by atoms with Gasteiger partial charge >= 0.3 is 0 Å². The highest BCUT2D eigenvalue weighted by Gasteiger charge is 2.27. The van der Waals surface area contributed by atoms with Crippen LogP contribution in [0.25, 0.3) is 0 Å². The standard InChI is InChI=1S/C15H26N4O/c1-4-6-13-18-14(16-5-2)10(3)15(19-13)17-9-11-7-12(20)8-11/h11-12,20H,4-9H2,1-3H3,(H2,16,17,18,19). The van der Waals surface area contributed by atoms with E-state index in [0.717, 1.165) is 61.8 Å². The summed E-state index contributed by atoms with van der Waals surface area (Å²) in [7, 11) is 0. The smallest absolute Gasteiger partial charge is 0.134 e. The third-order valence-electron chi connectivity index (χ3n) is 3.78. The van der Waals surface area contributed by atoms with E-state index < -0.39 is 0 Å². The van der Waals surface area contributed by atoms with Crippen LogP contribution in [0, 0.1) is 12.8 Å². The molecule has 3 N–H and O–H groups in total. The van der Waals surface area contributed by atoms with Gasteiger partial charge < -0.3 is 15.7 Å². The zero-order valence-electron chi connectivity index (χ0n) is 12.7. The van der Waals surface area contributed by atoms with Gasteiger partial charge in [0, 0.05) is 25.1 Å². The summed E-state index contributed by atoms with van der Waals surface area (Å²) < 4.78 is 0. The Morgan fingerprint density at radius 2 is 1.80 bits per heavy atom. The summed E-state index contributed by atoms with van der Waals surface area (Å²) in [5.41, 5.74) is 1.08. The summed E-state index contributed by atoms with van der Waals surface area (Å²) in [4.78, 5) is 9.21. The molecule has 5 nitrogen and oxygen atoms in total. The maximum absolute atomic E-state index is 9.33. The largest absolute Gasteiger partial charge is 0.393 e. The topological polar surface area (TPSA) is 70.1 Å². The first kappa shape index (κ1) is 15.0. The van der Waals surface area contributed by atoms with Gasteiger partial charge in [-0.2, -0.15) is 0 Å². The van der Waals surface area contributed by atoms with E-state index in [0.29, 0.717) is 5.92 Å². The third-order valence-corrected chi connectivity index (χ3v) is 3.78.